The van der Waals surface area contributed by atoms with Crippen molar-refractivity contribution in [3.05, 3.63) is 47.5 Å². The molecule has 0 N–H and O–H groups in total. The van der Waals surface area contributed by atoms with Crippen molar-refractivity contribution in [2.24, 2.45) is 0 Å². The molecule has 0 aliphatic carbocycles. The van der Waals surface area contributed by atoms with E-state index in [2.05, 4.69) is 52.1 Å². The van der Waals surface area contributed by atoms with E-state index in [4.69, 9.17) is 13.9 Å². The highest BCUT2D eigenvalue weighted by Crippen LogP contribution is 2.38. The molecular formula is C27H43NO5Si. The lowest BCUT2D eigenvalue weighted by molar-refractivity contribution is -0.127. The summed E-state index contributed by atoms with van der Waals surface area (Å²) in [6.45, 7) is 17.1. The summed E-state index contributed by atoms with van der Waals surface area (Å²) < 4.78 is 17.5. The maximum Gasteiger partial charge on any atom is 0.417 e. The van der Waals surface area contributed by atoms with Crippen molar-refractivity contribution >= 4 is 20.3 Å². The Labute approximate surface area is 206 Å². The normalized spacial score (nSPS) is 18.6. The highest BCUT2D eigenvalue weighted by molar-refractivity contribution is 6.74. The van der Waals surface area contributed by atoms with Gasteiger partial charge in [0.05, 0.1) is 18.8 Å². The predicted molar refractivity (Wildman–Crippen MR) is 138 cm³/mol. The first kappa shape index (κ1) is 28.3. The second-order valence-corrected chi connectivity index (χ2v) is 16.4. The lowest BCUT2D eigenvalue weighted by Gasteiger charge is -2.39. The summed E-state index contributed by atoms with van der Waals surface area (Å²) in [6.07, 6.45) is 4.85. The number of carbonyl (C=O) groups excluding carboxylic acids is 2. The Morgan fingerprint density at radius 2 is 1.82 bits per heavy atom. The smallest absolute Gasteiger partial charge is 0.417 e. The maximum absolute atomic E-state index is 12.7. The van der Waals surface area contributed by atoms with Crippen LogP contribution in [-0.4, -0.2) is 50.1 Å². The number of amides is 2. The van der Waals surface area contributed by atoms with Crippen LogP contribution in [-0.2, 0) is 31.7 Å². The molecule has 2 rings (SSSR count). The van der Waals surface area contributed by atoms with Crippen molar-refractivity contribution in [1.29, 1.82) is 0 Å². The van der Waals surface area contributed by atoms with Gasteiger partial charge in [-0.2, -0.15) is 0 Å². The van der Waals surface area contributed by atoms with Gasteiger partial charge in [-0.1, -0.05) is 57.2 Å². The Hall–Kier alpha value is -1.96. The lowest BCUT2D eigenvalue weighted by Crippen LogP contribution is -2.44. The SMILES string of the molecule is COCc1cccc(C[C@@H](/C=C/[C@H]2CCC(=O)N2C(=O)OC(C)(C)C)O[Si](C)(C)C(C)(C)C)c1. The molecule has 0 spiro atoms. The van der Waals surface area contributed by atoms with Gasteiger partial charge >= 0.3 is 6.09 Å². The van der Waals surface area contributed by atoms with Gasteiger partial charge in [-0.15, -0.1) is 0 Å². The van der Waals surface area contributed by atoms with Crippen molar-refractivity contribution < 1.29 is 23.5 Å². The Bertz CT molecular complexity index is 882. The Morgan fingerprint density at radius 1 is 1.18 bits per heavy atom. The Morgan fingerprint density at radius 3 is 2.41 bits per heavy atom. The third-order valence-electron chi connectivity index (χ3n) is 6.38. The van der Waals surface area contributed by atoms with Gasteiger partial charge in [-0.25, -0.2) is 9.69 Å². The number of benzene rings is 1. The standard InChI is InChI=1S/C27H43NO5Si/c1-26(2,3)32-25(30)28-22(14-16-24(28)29)13-15-23(33-34(8,9)27(4,5)6)18-20-11-10-12-21(17-20)19-31-7/h10-13,15,17,22-23H,14,16,18-19H2,1-9H3/b15-13+/t22-,23+/m0/s1. The van der Waals surface area contributed by atoms with Gasteiger partial charge < -0.3 is 13.9 Å². The summed E-state index contributed by atoms with van der Waals surface area (Å²) in [5.41, 5.74) is 1.62. The summed E-state index contributed by atoms with van der Waals surface area (Å²) in [4.78, 5) is 26.4. The highest BCUT2D eigenvalue weighted by atomic mass is 28.4. The monoisotopic (exact) mass is 489 g/mol. The molecule has 1 heterocycles. The molecule has 190 valence electrons. The number of likely N-dealkylation sites (tertiary alicyclic amines) is 1. The number of nitrogens with zero attached hydrogens (tertiary/aromatic N) is 1. The first-order valence-corrected chi connectivity index (χ1v) is 15.0. The molecule has 1 saturated heterocycles. The molecule has 6 nitrogen and oxygen atoms in total. The van der Waals surface area contributed by atoms with Gasteiger partial charge in [0.2, 0.25) is 5.91 Å². The third kappa shape index (κ3) is 8.07. The van der Waals surface area contributed by atoms with Crippen LogP contribution in [0.4, 0.5) is 4.79 Å². The fraction of sp³-hybridized carbons (Fsp3) is 0.630. The molecule has 34 heavy (non-hydrogen) atoms. The van der Waals surface area contributed by atoms with E-state index in [0.717, 1.165) is 11.1 Å². The van der Waals surface area contributed by atoms with Crippen LogP contribution in [0.25, 0.3) is 0 Å². The number of methoxy groups -OCH3 is 1. The third-order valence-corrected chi connectivity index (χ3v) is 10.9. The number of hydrogen-bond donors (Lipinski definition) is 0. The van der Waals surface area contributed by atoms with Crippen LogP contribution in [0.15, 0.2) is 36.4 Å². The van der Waals surface area contributed by atoms with E-state index in [1.165, 1.54) is 4.90 Å². The van der Waals surface area contributed by atoms with Crippen molar-refractivity contribution in [3.8, 4) is 0 Å². The van der Waals surface area contributed by atoms with Gasteiger partial charge in [-0.3, -0.25) is 4.79 Å². The highest BCUT2D eigenvalue weighted by Gasteiger charge is 2.40. The van der Waals surface area contributed by atoms with Gasteiger partial charge in [0, 0.05) is 20.0 Å². The zero-order valence-electron chi connectivity index (χ0n) is 22.4. The zero-order valence-corrected chi connectivity index (χ0v) is 23.4. The van der Waals surface area contributed by atoms with Crippen molar-refractivity contribution in [1.82, 2.24) is 4.90 Å². The molecule has 1 aliphatic heterocycles. The van der Waals surface area contributed by atoms with Gasteiger partial charge in [0.15, 0.2) is 8.32 Å². The first-order valence-electron chi connectivity index (χ1n) is 12.1. The molecule has 7 heteroatoms. The summed E-state index contributed by atoms with van der Waals surface area (Å²) in [6, 6.07) is 8.01. The van der Waals surface area contributed by atoms with E-state index >= 15 is 0 Å². The minimum atomic E-state index is -2.06. The molecule has 1 aliphatic rings. The van der Waals surface area contributed by atoms with E-state index in [0.29, 0.717) is 25.9 Å². The number of hydrogen-bond acceptors (Lipinski definition) is 5. The second kappa shape index (κ2) is 11.2. The second-order valence-electron chi connectivity index (χ2n) is 11.6. The van der Waals surface area contributed by atoms with Crippen LogP contribution in [0, 0.1) is 0 Å². The van der Waals surface area contributed by atoms with E-state index in [1.807, 2.05) is 18.2 Å². The van der Waals surface area contributed by atoms with Crippen LogP contribution in [0.2, 0.25) is 18.1 Å². The molecule has 1 aromatic rings. The molecular weight excluding hydrogens is 446 g/mol. The van der Waals surface area contributed by atoms with Crippen LogP contribution >= 0.6 is 0 Å². The van der Waals surface area contributed by atoms with E-state index in [1.54, 1.807) is 27.9 Å². The van der Waals surface area contributed by atoms with Crippen LogP contribution < -0.4 is 0 Å². The lowest BCUT2D eigenvalue weighted by atomic mass is 10.0. The van der Waals surface area contributed by atoms with Gasteiger partial charge in [0.25, 0.3) is 0 Å². The zero-order chi connectivity index (χ0) is 25.7. The van der Waals surface area contributed by atoms with E-state index < -0.39 is 20.0 Å². The quantitative estimate of drug-likeness (QED) is 0.319. The molecule has 2 amide bonds. The average molecular weight is 490 g/mol. The molecule has 0 aromatic heterocycles. The number of ether oxygens (including phenoxy) is 2. The van der Waals surface area contributed by atoms with E-state index in [-0.39, 0.29) is 23.1 Å². The number of carbonyl (C=O) groups is 2. The molecule has 0 unspecified atom stereocenters. The number of rotatable bonds is 8. The van der Waals surface area contributed by atoms with Crippen molar-refractivity contribution in [3.63, 3.8) is 0 Å². The van der Waals surface area contributed by atoms with Crippen LogP contribution in [0.1, 0.15) is 65.5 Å². The average Bonchev–Trinajstić information content (AvgIpc) is 3.05. The minimum absolute atomic E-state index is 0.0584. The largest absolute Gasteiger partial charge is 0.443 e. The fourth-order valence-corrected chi connectivity index (χ4v) is 4.91. The summed E-state index contributed by atoms with van der Waals surface area (Å²) in [5.74, 6) is -0.196. The van der Waals surface area contributed by atoms with Crippen molar-refractivity contribution in [2.45, 2.75) is 103 Å². The topological polar surface area (TPSA) is 65.1 Å². The minimum Gasteiger partial charge on any atom is -0.443 e. The molecule has 1 fully saturated rings. The predicted octanol–water partition coefficient (Wildman–Crippen LogP) is 6.25. The fourth-order valence-electron chi connectivity index (χ4n) is 3.64. The maximum atomic E-state index is 12.7. The Kier molecular flexibility index (Phi) is 9.30. The molecule has 1 aromatic carbocycles. The van der Waals surface area contributed by atoms with Gasteiger partial charge in [0.1, 0.15) is 5.60 Å². The number of imide groups is 1. The summed E-state index contributed by atoms with van der Waals surface area (Å²) in [5, 5.41) is 0.0584. The Balaban J connectivity index is 2.28. The van der Waals surface area contributed by atoms with Gasteiger partial charge in [-0.05, 0) is 56.5 Å². The molecule has 2 atom stereocenters. The molecule has 0 saturated carbocycles. The summed E-state index contributed by atoms with van der Waals surface area (Å²) >= 11 is 0. The van der Waals surface area contributed by atoms with Crippen molar-refractivity contribution in [2.75, 3.05) is 7.11 Å². The van der Waals surface area contributed by atoms with E-state index in [9.17, 15) is 9.59 Å². The summed E-state index contributed by atoms with van der Waals surface area (Å²) in [7, 11) is -0.367. The first-order chi connectivity index (χ1) is 15.6. The van der Waals surface area contributed by atoms with Crippen LogP contribution in [0.3, 0.4) is 0 Å². The molecule has 0 bridgehead atoms. The molecule has 0 radical (unpaired) electrons. The van der Waals surface area contributed by atoms with Crippen LogP contribution in [0.5, 0.6) is 0 Å².